The minimum Gasteiger partial charge on any atom is -0.369 e. The second-order valence-electron chi connectivity index (χ2n) is 4.93. The lowest BCUT2D eigenvalue weighted by Crippen LogP contribution is -2.52. The van der Waals surface area contributed by atoms with Gasteiger partial charge in [-0.25, -0.2) is 0 Å². The highest BCUT2D eigenvalue weighted by Gasteiger charge is 2.25. The lowest BCUT2D eigenvalue weighted by Gasteiger charge is -2.35. The first-order valence-electron chi connectivity index (χ1n) is 6.95. The third kappa shape index (κ3) is 5.57. The normalized spacial score (nSPS) is 18.3. The highest BCUT2D eigenvalue weighted by molar-refractivity contribution is 5.80. The Labute approximate surface area is 114 Å². The monoisotopic (exact) mass is 271 g/mol. The van der Waals surface area contributed by atoms with E-state index in [-0.39, 0.29) is 24.5 Å². The van der Waals surface area contributed by atoms with Crippen molar-refractivity contribution >= 4 is 11.8 Å². The van der Waals surface area contributed by atoms with E-state index in [1.165, 1.54) is 0 Å². The van der Waals surface area contributed by atoms with Crippen LogP contribution in [0.25, 0.3) is 0 Å². The van der Waals surface area contributed by atoms with Gasteiger partial charge in [0.2, 0.25) is 5.91 Å². The van der Waals surface area contributed by atoms with E-state index in [2.05, 4.69) is 6.92 Å². The van der Waals surface area contributed by atoms with Crippen LogP contribution in [-0.4, -0.2) is 67.0 Å². The van der Waals surface area contributed by atoms with Crippen LogP contribution in [-0.2, 0) is 14.3 Å². The fourth-order valence-electron chi connectivity index (χ4n) is 2.08. The summed E-state index contributed by atoms with van der Waals surface area (Å²) < 4.78 is 5.51. The molecule has 1 aliphatic rings. The average Bonchev–Trinajstić information content (AvgIpc) is 2.38. The summed E-state index contributed by atoms with van der Waals surface area (Å²) in [7, 11) is 0. The van der Waals surface area contributed by atoms with Gasteiger partial charge in [0, 0.05) is 32.8 Å². The van der Waals surface area contributed by atoms with Gasteiger partial charge < -0.3 is 15.4 Å². The van der Waals surface area contributed by atoms with Crippen molar-refractivity contribution in [1.29, 1.82) is 0 Å². The minimum absolute atomic E-state index is 0.0369. The van der Waals surface area contributed by atoms with Gasteiger partial charge in [0.1, 0.15) is 6.10 Å². The van der Waals surface area contributed by atoms with Gasteiger partial charge in [-0.05, 0) is 13.3 Å². The van der Waals surface area contributed by atoms with Crippen molar-refractivity contribution in [3.05, 3.63) is 0 Å². The number of nitrogens with two attached hydrogens (primary N) is 1. The van der Waals surface area contributed by atoms with Gasteiger partial charge in [-0.3, -0.25) is 14.5 Å². The molecule has 0 saturated carbocycles. The molecular formula is C13H25N3O3. The molecule has 0 aromatic carbocycles. The Morgan fingerprint density at radius 2 is 1.89 bits per heavy atom. The quantitative estimate of drug-likeness (QED) is 0.652. The molecule has 0 bridgehead atoms. The molecule has 0 aromatic rings. The predicted molar refractivity (Wildman–Crippen MR) is 72.5 cm³/mol. The first-order chi connectivity index (χ1) is 9.04. The molecule has 110 valence electrons. The number of hydrogen-bond acceptors (Lipinski definition) is 4. The van der Waals surface area contributed by atoms with Crippen LogP contribution in [0.15, 0.2) is 0 Å². The summed E-state index contributed by atoms with van der Waals surface area (Å²) >= 11 is 0. The van der Waals surface area contributed by atoms with Gasteiger partial charge in [0.25, 0.3) is 5.91 Å². The van der Waals surface area contributed by atoms with E-state index in [1.54, 1.807) is 11.8 Å². The Morgan fingerprint density at radius 1 is 1.26 bits per heavy atom. The molecule has 0 unspecified atom stereocenters. The van der Waals surface area contributed by atoms with Crippen molar-refractivity contribution in [2.24, 2.45) is 5.73 Å². The third-order valence-corrected chi connectivity index (χ3v) is 3.28. The van der Waals surface area contributed by atoms with Crippen LogP contribution in [0.2, 0.25) is 0 Å². The Hall–Kier alpha value is -1.14. The van der Waals surface area contributed by atoms with E-state index in [0.717, 1.165) is 12.8 Å². The lowest BCUT2D eigenvalue weighted by molar-refractivity contribution is -0.144. The molecule has 1 aliphatic heterocycles. The Balaban J connectivity index is 2.29. The maximum absolute atomic E-state index is 12.1. The van der Waals surface area contributed by atoms with E-state index >= 15 is 0 Å². The summed E-state index contributed by atoms with van der Waals surface area (Å²) in [6.45, 7) is 7.44. The number of carbonyl (C=O) groups is 2. The molecule has 19 heavy (non-hydrogen) atoms. The highest BCUT2D eigenvalue weighted by atomic mass is 16.5. The molecule has 1 heterocycles. The average molecular weight is 271 g/mol. The number of primary amides is 1. The van der Waals surface area contributed by atoms with Gasteiger partial charge in [0.05, 0.1) is 6.54 Å². The van der Waals surface area contributed by atoms with E-state index < -0.39 is 0 Å². The van der Waals surface area contributed by atoms with Gasteiger partial charge in [-0.15, -0.1) is 0 Å². The molecule has 0 spiro atoms. The number of unbranched alkanes of at least 4 members (excludes halogenated alkanes) is 1. The first kappa shape index (κ1) is 15.9. The number of rotatable bonds is 7. The zero-order valence-corrected chi connectivity index (χ0v) is 11.9. The molecule has 1 atom stereocenters. The van der Waals surface area contributed by atoms with Crippen LogP contribution in [0, 0.1) is 0 Å². The second kappa shape index (κ2) is 8.12. The van der Waals surface area contributed by atoms with Crippen molar-refractivity contribution < 1.29 is 14.3 Å². The summed E-state index contributed by atoms with van der Waals surface area (Å²) in [6.07, 6.45) is 1.66. The molecule has 2 amide bonds. The fourth-order valence-corrected chi connectivity index (χ4v) is 2.08. The maximum Gasteiger partial charge on any atom is 0.251 e. The second-order valence-corrected chi connectivity index (χ2v) is 4.93. The summed E-state index contributed by atoms with van der Waals surface area (Å²) in [4.78, 5) is 26.7. The number of nitrogens with zero attached hydrogens (tertiary/aromatic N) is 2. The molecule has 0 aromatic heterocycles. The Morgan fingerprint density at radius 3 is 2.42 bits per heavy atom. The summed E-state index contributed by atoms with van der Waals surface area (Å²) in [5.74, 6) is -0.286. The smallest absolute Gasteiger partial charge is 0.251 e. The summed E-state index contributed by atoms with van der Waals surface area (Å²) in [6, 6.07) is 0. The number of amides is 2. The number of ether oxygens (including phenoxy) is 1. The lowest BCUT2D eigenvalue weighted by atomic mass is 10.2. The van der Waals surface area contributed by atoms with Gasteiger partial charge in [-0.1, -0.05) is 13.3 Å². The molecule has 1 fully saturated rings. The van der Waals surface area contributed by atoms with Crippen LogP contribution in [0.1, 0.15) is 26.7 Å². The SMILES string of the molecule is CCCCO[C@@H](C)C(=O)N1CCN(CC(N)=O)CC1. The van der Waals surface area contributed by atoms with Gasteiger partial charge in [0.15, 0.2) is 0 Å². The number of carbonyl (C=O) groups excluding carboxylic acids is 2. The molecule has 0 aliphatic carbocycles. The number of piperazine rings is 1. The largest absolute Gasteiger partial charge is 0.369 e. The molecule has 1 rings (SSSR count). The van der Waals surface area contributed by atoms with Crippen molar-refractivity contribution in [3.63, 3.8) is 0 Å². The summed E-state index contributed by atoms with van der Waals surface area (Å²) in [5, 5.41) is 0. The maximum atomic E-state index is 12.1. The van der Waals surface area contributed by atoms with E-state index in [1.807, 2.05) is 4.90 Å². The van der Waals surface area contributed by atoms with Crippen LogP contribution in [0.4, 0.5) is 0 Å². The van der Waals surface area contributed by atoms with Crippen molar-refractivity contribution in [2.45, 2.75) is 32.8 Å². The van der Waals surface area contributed by atoms with Crippen LogP contribution >= 0.6 is 0 Å². The zero-order chi connectivity index (χ0) is 14.3. The third-order valence-electron chi connectivity index (χ3n) is 3.28. The minimum atomic E-state index is -0.380. The molecule has 2 N–H and O–H groups in total. The predicted octanol–water partition coefficient (Wildman–Crippen LogP) is -0.179. The molecule has 6 heteroatoms. The van der Waals surface area contributed by atoms with E-state index in [0.29, 0.717) is 32.8 Å². The zero-order valence-electron chi connectivity index (χ0n) is 11.9. The molecule has 6 nitrogen and oxygen atoms in total. The first-order valence-corrected chi connectivity index (χ1v) is 6.95. The molecular weight excluding hydrogens is 246 g/mol. The van der Waals surface area contributed by atoms with E-state index in [9.17, 15) is 9.59 Å². The number of hydrogen-bond donors (Lipinski definition) is 1. The van der Waals surface area contributed by atoms with Crippen molar-refractivity contribution in [1.82, 2.24) is 9.80 Å². The topological polar surface area (TPSA) is 75.9 Å². The standard InChI is InChI=1S/C13H25N3O3/c1-3-4-9-19-11(2)13(18)16-7-5-15(6-8-16)10-12(14)17/h11H,3-10H2,1-2H3,(H2,14,17)/t11-/m0/s1. The van der Waals surface area contributed by atoms with Crippen molar-refractivity contribution in [3.8, 4) is 0 Å². The van der Waals surface area contributed by atoms with Gasteiger partial charge >= 0.3 is 0 Å². The van der Waals surface area contributed by atoms with Crippen molar-refractivity contribution in [2.75, 3.05) is 39.3 Å². The van der Waals surface area contributed by atoms with Gasteiger partial charge in [-0.2, -0.15) is 0 Å². The van der Waals surface area contributed by atoms with Crippen LogP contribution in [0.5, 0.6) is 0 Å². The van der Waals surface area contributed by atoms with E-state index in [4.69, 9.17) is 10.5 Å². The Kier molecular flexibility index (Phi) is 6.80. The van der Waals surface area contributed by atoms with Crippen LogP contribution < -0.4 is 5.73 Å². The Bertz CT molecular complexity index is 302. The van der Waals surface area contributed by atoms with Crippen LogP contribution in [0.3, 0.4) is 0 Å². The summed E-state index contributed by atoms with van der Waals surface area (Å²) in [5.41, 5.74) is 5.15. The molecule has 1 saturated heterocycles. The fraction of sp³-hybridized carbons (Fsp3) is 0.846. The highest BCUT2D eigenvalue weighted by Crippen LogP contribution is 2.06. The molecule has 0 radical (unpaired) electrons.